The summed E-state index contributed by atoms with van der Waals surface area (Å²) in [4.78, 5) is 0. The van der Waals surface area contributed by atoms with Crippen LogP contribution in [0.4, 0.5) is 0 Å². The third kappa shape index (κ3) is 10.1. The van der Waals surface area contributed by atoms with E-state index < -0.39 is 0 Å². The molecule has 0 unspecified atom stereocenters. The first-order valence-electron chi connectivity index (χ1n) is 9.38. The van der Waals surface area contributed by atoms with Crippen molar-refractivity contribution in [3.05, 3.63) is 57.6 Å². The van der Waals surface area contributed by atoms with E-state index in [4.69, 9.17) is 32.7 Å². The SMILES string of the molecule is CCNCCCNCc1cc(Cl)c(OCc2ccc(Cl)cc2)c(OCC)c1.Cl.Cl. The summed E-state index contributed by atoms with van der Waals surface area (Å²) in [5, 5.41) is 8.01. The van der Waals surface area contributed by atoms with E-state index in [-0.39, 0.29) is 24.8 Å². The Kier molecular flexibility index (Phi) is 15.4. The molecule has 0 heterocycles. The van der Waals surface area contributed by atoms with Gasteiger partial charge >= 0.3 is 0 Å². The van der Waals surface area contributed by atoms with E-state index in [1.807, 2.05) is 43.3 Å². The molecule has 0 aliphatic carbocycles. The van der Waals surface area contributed by atoms with Crippen LogP contribution in [0.2, 0.25) is 10.0 Å². The van der Waals surface area contributed by atoms with Crippen LogP contribution in [0.3, 0.4) is 0 Å². The summed E-state index contributed by atoms with van der Waals surface area (Å²) in [5.41, 5.74) is 2.09. The van der Waals surface area contributed by atoms with Gasteiger partial charge in [-0.15, -0.1) is 24.8 Å². The van der Waals surface area contributed by atoms with E-state index >= 15 is 0 Å². The van der Waals surface area contributed by atoms with Crippen molar-refractivity contribution in [1.82, 2.24) is 10.6 Å². The smallest absolute Gasteiger partial charge is 0.180 e. The van der Waals surface area contributed by atoms with Gasteiger partial charge in [0.15, 0.2) is 11.5 Å². The molecule has 0 radical (unpaired) electrons. The van der Waals surface area contributed by atoms with E-state index in [0.29, 0.717) is 34.8 Å². The number of halogens is 4. The molecule has 0 fully saturated rings. The monoisotopic (exact) mass is 482 g/mol. The van der Waals surface area contributed by atoms with Crippen molar-refractivity contribution in [2.45, 2.75) is 33.4 Å². The fourth-order valence-electron chi connectivity index (χ4n) is 2.61. The Balaban J connectivity index is 0.00000392. The van der Waals surface area contributed by atoms with Gasteiger partial charge in [-0.3, -0.25) is 0 Å². The molecule has 0 saturated carbocycles. The molecular weight excluding hydrogens is 454 g/mol. The van der Waals surface area contributed by atoms with E-state index in [2.05, 4.69) is 17.6 Å². The van der Waals surface area contributed by atoms with Crippen molar-refractivity contribution in [3.63, 3.8) is 0 Å². The number of hydrogen-bond donors (Lipinski definition) is 2. The van der Waals surface area contributed by atoms with Gasteiger partial charge in [0.2, 0.25) is 0 Å². The highest BCUT2D eigenvalue weighted by atomic mass is 35.5. The summed E-state index contributed by atoms with van der Waals surface area (Å²) < 4.78 is 11.7. The Morgan fingerprint density at radius 2 is 1.55 bits per heavy atom. The van der Waals surface area contributed by atoms with Crippen molar-refractivity contribution < 1.29 is 9.47 Å². The zero-order valence-electron chi connectivity index (χ0n) is 16.8. The molecule has 0 bridgehead atoms. The molecule has 0 spiro atoms. The topological polar surface area (TPSA) is 42.5 Å². The molecule has 2 N–H and O–H groups in total. The number of ether oxygens (including phenoxy) is 2. The lowest BCUT2D eigenvalue weighted by molar-refractivity contribution is 0.269. The quantitative estimate of drug-likeness (QED) is 0.368. The van der Waals surface area contributed by atoms with Gasteiger partial charge in [0.05, 0.1) is 11.6 Å². The maximum absolute atomic E-state index is 6.48. The fraction of sp³-hybridized carbons (Fsp3) is 0.429. The highest BCUT2D eigenvalue weighted by Gasteiger charge is 2.13. The van der Waals surface area contributed by atoms with Gasteiger partial charge in [-0.1, -0.05) is 42.3 Å². The number of hydrogen-bond acceptors (Lipinski definition) is 4. The van der Waals surface area contributed by atoms with Crippen molar-refractivity contribution in [2.75, 3.05) is 26.2 Å². The largest absolute Gasteiger partial charge is 0.490 e. The molecule has 0 aliphatic heterocycles. The second kappa shape index (κ2) is 15.9. The lowest BCUT2D eigenvalue weighted by Crippen LogP contribution is -2.21. The molecule has 0 amide bonds. The summed E-state index contributed by atoms with van der Waals surface area (Å²) in [6.07, 6.45) is 1.09. The van der Waals surface area contributed by atoms with Crippen molar-refractivity contribution in [1.29, 1.82) is 0 Å². The first kappa shape index (κ1) is 28.1. The van der Waals surface area contributed by atoms with Crippen LogP contribution in [-0.4, -0.2) is 26.2 Å². The normalized spacial score (nSPS) is 10.1. The average Bonchev–Trinajstić information content (AvgIpc) is 2.65. The Morgan fingerprint density at radius 3 is 2.21 bits per heavy atom. The Labute approximate surface area is 196 Å². The van der Waals surface area contributed by atoms with Crippen LogP contribution in [-0.2, 0) is 13.2 Å². The molecular formula is C21H30Cl4N2O2. The second-order valence-corrected chi connectivity index (χ2v) is 6.98. The summed E-state index contributed by atoms with van der Waals surface area (Å²) in [5.74, 6) is 1.24. The van der Waals surface area contributed by atoms with Gasteiger partial charge in [0.1, 0.15) is 6.61 Å². The highest BCUT2D eigenvalue weighted by molar-refractivity contribution is 6.32. The van der Waals surface area contributed by atoms with E-state index in [1.165, 1.54) is 0 Å². The zero-order chi connectivity index (χ0) is 19.5. The average molecular weight is 484 g/mol. The molecule has 2 rings (SSSR count). The van der Waals surface area contributed by atoms with Crippen LogP contribution < -0.4 is 20.1 Å². The lowest BCUT2D eigenvalue weighted by Gasteiger charge is -2.16. The van der Waals surface area contributed by atoms with Gasteiger partial charge in [-0.25, -0.2) is 0 Å². The third-order valence-corrected chi connectivity index (χ3v) is 4.48. The predicted octanol–water partition coefficient (Wildman–Crippen LogP) is 5.90. The Morgan fingerprint density at radius 1 is 0.862 bits per heavy atom. The molecule has 0 aromatic heterocycles. The van der Waals surface area contributed by atoms with E-state index in [1.54, 1.807) is 0 Å². The highest BCUT2D eigenvalue weighted by Crippen LogP contribution is 2.37. The summed E-state index contributed by atoms with van der Waals surface area (Å²) >= 11 is 12.4. The van der Waals surface area contributed by atoms with Gasteiger partial charge in [0, 0.05) is 11.6 Å². The van der Waals surface area contributed by atoms with Crippen LogP contribution in [0.15, 0.2) is 36.4 Å². The molecule has 164 valence electrons. The number of nitrogens with one attached hydrogen (secondary N) is 2. The molecule has 8 heteroatoms. The van der Waals surface area contributed by atoms with E-state index in [9.17, 15) is 0 Å². The summed E-state index contributed by atoms with van der Waals surface area (Å²) in [7, 11) is 0. The van der Waals surface area contributed by atoms with Crippen LogP contribution in [0, 0.1) is 0 Å². The van der Waals surface area contributed by atoms with Gasteiger partial charge in [0.25, 0.3) is 0 Å². The minimum atomic E-state index is 0. The van der Waals surface area contributed by atoms with Crippen LogP contribution in [0.25, 0.3) is 0 Å². The maximum Gasteiger partial charge on any atom is 0.180 e. The summed E-state index contributed by atoms with van der Waals surface area (Å²) in [6.45, 7) is 8.72. The van der Waals surface area contributed by atoms with Gasteiger partial charge in [-0.05, 0) is 68.4 Å². The van der Waals surface area contributed by atoms with Crippen molar-refractivity contribution >= 4 is 48.0 Å². The van der Waals surface area contributed by atoms with Gasteiger partial charge in [-0.2, -0.15) is 0 Å². The molecule has 2 aromatic rings. The Hall–Kier alpha value is -0.880. The number of rotatable bonds is 12. The molecule has 2 aromatic carbocycles. The second-order valence-electron chi connectivity index (χ2n) is 6.14. The third-order valence-electron chi connectivity index (χ3n) is 3.95. The number of benzene rings is 2. The first-order valence-corrected chi connectivity index (χ1v) is 10.1. The molecule has 0 aliphatic rings. The molecule has 29 heavy (non-hydrogen) atoms. The molecule has 0 atom stereocenters. The van der Waals surface area contributed by atoms with Crippen LogP contribution in [0.5, 0.6) is 11.5 Å². The minimum absolute atomic E-state index is 0. The predicted molar refractivity (Wildman–Crippen MR) is 128 cm³/mol. The standard InChI is InChI=1S/C21H28Cl2N2O2.2ClH/c1-3-24-10-5-11-25-14-17-12-19(23)21(20(13-17)26-4-2)27-15-16-6-8-18(22)9-7-16;;/h6-9,12-13,24-25H,3-5,10-11,14-15H2,1-2H3;2*1H. The maximum atomic E-state index is 6.48. The van der Waals surface area contributed by atoms with Crippen LogP contribution >= 0.6 is 48.0 Å². The first-order chi connectivity index (χ1) is 13.1. The van der Waals surface area contributed by atoms with Crippen molar-refractivity contribution in [2.24, 2.45) is 0 Å². The molecule has 4 nitrogen and oxygen atoms in total. The van der Waals surface area contributed by atoms with Crippen molar-refractivity contribution in [3.8, 4) is 11.5 Å². The van der Waals surface area contributed by atoms with Gasteiger partial charge < -0.3 is 20.1 Å². The zero-order valence-corrected chi connectivity index (χ0v) is 19.9. The van der Waals surface area contributed by atoms with Crippen LogP contribution in [0.1, 0.15) is 31.4 Å². The Bertz CT molecular complexity index is 700. The summed E-state index contributed by atoms with van der Waals surface area (Å²) in [6, 6.07) is 11.5. The molecule has 0 saturated heterocycles. The fourth-order valence-corrected chi connectivity index (χ4v) is 3.02. The lowest BCUT2D eigenvalue weighted by atomic mass is 10.2. The van der Waals surface area contributed by atoms with E-state index in [0.717, 1.165) is 43.7 Å². The minimum Gasteiger partial charge on any atom is -0.490 e.